The average molecular weight is 451 g/mol. The first kappa shape index (κ1) is 22.9. The summed E-state index contributed by atoms with van der Waals surface area (Å²) in [4.78, 5) is 29.2. The Hall–Kier alpha value is -3.76. The molecule has 3 aromatic rings. The SMILES string of the molecule is COc1cc2ncn(CCCC(=O)Nc3ccccc3OC(F)(F)F)c(=O)c2cc1OC. The van der Waals surface area contributed by atoms with Crippen molar-refractivity contribution in [3.63, 3.8) is 0 Å². The van der Waals surface area contributed by atoms with Gasteiger partial charge in [0, 0.05) is 19.0 Å². The van der Waals surface area contributed by atoms with Gasteiger partial charge in [-0.2, -0.15) is 0 Å². The Morgan fingerprint density at radius 2 is 1.78 bits per heavy atom. The van der Waals surface area contributed by atoms with Gasteiger partial charge < -0.3 is 19.5 Å². The van der Waals surface area contributed by atoms with Crippen molar-refractivity contribution in [2.24, 2.45) is 0 Å². The smallest absolute Gasteiger partial charge is 0.493 e. The predicted octanol–water partition coefficient (Wildman–Crippen LogP) is 3.73. The number of hydrogen-bond donors (Lipinski definition) is 1. The Bertz CT molecular complexity index is 1180. The monoisotopic (exact) mass is 451 g/mol. The first-order valence-corrected chi connectivity index (χ1v) is 9.47. The second-order valence-corrected chi connectivity index (χ2v) is 6.66. The standard InChI is InChI=1S/C21H20F3N3O5/c1-30-17-10-13-15(11-18(17)31-2)25-12-27(20(13)29)9-5-8-19(28)26-14-6-3-4-7-16(14)32-21(22,23)24/h3-4,6-7,10-12H,5,8-9H2,1-2H3,(H,26,28). The summed E-state index contributed by atoms with van der Waals surface area (Å²) in [6, 6.07) is 8.37. The van der Waals surface area contributed by atoms with Crippen LogP contribution in [-0.2, 0) is 11.3 Å². The third-order valence-corrected chi connectivity index (χ3v) is 4.52. The van der Waals surface area contributed by atoms with Crippen LogP contribution in [0.25, 0.3) is 10.9 Å². The van der Waals surface area contributed by atoms with Gasteiger partial charge in [0.15, 0.2) is 17.2 Å². The highest BCUT2D eigenvalue weighted by atomic mass is 19.4. The summed E-state index contributed by atoms with van der Waals surface area (Å²) in [6.07, 6.45) is -3.29. The molecule has 3 rings (SSSR count). The number of carbonyl (C=O) groups is 1. The van der Waals surface area contributed by atoms with Crippen LogP contribution in [0.1, 0.15) is 12.8 Å². The van der Waals surface area contributed by atoms with Crippen molar-refractivity contribution in [3.8, 4) is 17.2 Å². The number of nitrogens with one attached hydrogen (secondary N) is 1. The van der Waals surface area contributed by atoms with Crippen molar-refractivity contribution in [2.75, 3.05) is 19.5 Å². The number of methoxy groups -OCH3 is 2. The normalized spacial score (nSPS) is 11.3. The number of aryl methyl sites for hydroxylation is 1. The van der Waals surface area contributed by atoms with Crippen molar-refractivity contribution < 1.29 is 32.2 Å². The Morgan fingerprint density at radius 3 is 2.47 bits per heavy atom. The summed E-state index contributed by atoms with van der Waals surface area (Å²) >= 11 is 0. The maximum Gasteiger partial charge on any atom is 0.573 e. The molecule has 0 aliphatic heterocycles. The van der Waals surface area contributed by atoms with Crippen molar-refractivity contribution in [2.45, 2.75) is 25.7 Å². The highest BCUT2D eigenvalue weighted by Gasteiger charge is 2.32. The van der Waals surface area contributed by atoms with Crippen molar-refractivity contribution in [1.82, 2.24) is 9.55 Å². The molecule has 0 fully saturated rings. The second kappa shape index (κ2) is 9.58. The third-order valence-electron chi connectivity index (χ3n) is 4.52. The summed E-state index contributed by atoms with van der Waals surface area (Å²) < 4.78 is 53.2. The molecule has 1 aromatic heterocycles. The van der Waals surface area contributed by atoms with Crippen LogP contribution in [0.3, 0.4) is 0 Å². The van der Waals surface area contributed by atoms with E-state index in [1.807, 2.05) is 0 Å². The molecule has 8 nitrogen and oxygen atoms in total. The van der Waals surface area contributed by atoms with Crippen molar-refractivity contribution in [1.29, 1.82) is 0 Å². The number of halogens is 3. The summed E-state index contributed by atoms with van der Waals surface area (Å²) in [7, 11) is 2.93. The van der Waals surface area contributed by atoms with E-state index in [1.165, 1.54) is 49.4 Å². The van der Waals surface area contributed by atoms with Gasteiger partial charge in [-0.05, 0) is 24.6 Å². The summed E-state index contributed by atoms with van der Waals surface area (Å²) in [5, 5.41) is 2.72. The molecular formula is C21H20F3N3O5. The van der Waals surface area contributed by atoms with Crippen LogP contribution >= 0.6 is 0 Å². The molecule has 2 aromatic carbocycles. The number of nitrogens with zero attached hydrogens (tertiary/aromatic N) is 2. The minimum absolute atomic E-state index is 0.0310. The first-order valence-electron chi connectivity index (χ1n) is 9.47. The molecule has 0 spiro atoms. The molecule has 0 atom stereocenters. The van der Waals surface area contributed by atoms with E-state index in [1.54, 1.807) is 6.07 Å². The van der Waals surface area contributed by atoms with Crippen LogP contribution in [0.4, 0.5) is 18.9 Å². The third kappa shape index (κ3) is 5.48. The summed E-state index contributed by atoms with van der Waals surface area (Å²) in [5.74, 6) is -0.198. The zero-order valence-electron chi connectivity index (χ0n) is 17.2. The van der Waals surface area contributed by atoms with E-state index in [9.17, 15) is 22.8 Å². The maximum atomic E-state index is 12.7. The van der Waals surface area contributed by atoms with Gasteiger partial charge in [0.05, 0.1) is 37.1 Å². The molecule has 0 aliphatic carbocycles. The van der Waals surface area contributed by atoms with Gasteiger partial charge in [-0.25, -0.2) is 4.98 Å². The lowest BCUT2D eigenvalue weighted by molar-refractivity contribution is -0.274. The quantitative estimate of drug-likeness (QED) is 0.561. The fraction of sp³-hybridized carbons (Fsp3) is 0.286. The number of alkyl halides is 3. The van der Waals surface area contributed by atoms with Gasteiger partial charge in [0.1, 0.15) is 0 Å². The van der Waals surface area contributed by atoms with E-state index in [0.29, 0.717) is 22.4 Å². The van der Waals surface area contributed by atoms with Crippen LogP contribution in [0.15, 0.2) is 47.5 Å². The molecular weight excluding hydrogens is 431 g/mol. The number of hydrogen-bond acceptors (Lipinski definition) is 6. The van der Waals surface area contributed by atoms with E-state index < -0.39 is 18.0 Å². The number of rotatable bonds is 8. The molecule has 32 heavy (non-hydrogen) atoms. The minimum Gasteiger partial charge on any atom is -0.493 e. The number of ether oxygens (including phenoxy) is 3. The number of aromatic nitrogens is 2. The molecule has 0 unspecified atom stereocenters. The number of anilines is 1. The van der Waals surface area contributed by atoms with Crippen LogP contribution in [0, 0.1) is 0 Å². The van der Waals surface area contributed by atoms with Gasteiger partial charge in [-0.1, -0.05) is 12.1 Å². The average Bonchev–Trinajstić information content (AvgIpc) is 2.75. The fourth-order valence-electron chi connectivity index (χ4n) is 3.05. The lowest BCUT2D eigenvalue weighted by Gasteiger charge is -2.14. The van der Waals surface area contributed by atoms with E-state index in [-0.39, 0.29) is 30.6 Å². The van der Waals surface area contributed by atoms with E-state index in [4.69, 9.17) is 9.47 Å². The van der Waals surface area contributed by atoms with E-state index in [2.05, 4.69) is 15.0 Å². The van der Waals surface area contributed by atoms with Crippen LogP contribution < -0.4 is 25.1 Å². The van der Waals surface area contributed by atoms with E-state index in [0.717, 1.165) is 6.07 Å². The second-order valence-electron chi connectivity index (χ2n) is 6.66. The molecule has 0 bridgehead atoms. The molecule has 0 aliphatic rings. The number of para-hydroxylation sites is 2. The van der Waals surface area contributed by atoms with Crippen LogP contribution in [-0.4, -0.2) is 36.0 Å². The minimum atomic E-state index is -4.88. The zero-order chi connectivity index (χ0) is 23.3. The van der Waals surface area contributed by atoms with Gasteiger partial charge in [0.2, 0.25) is 5.91 Å². The van der Waals surface area contributed by atoms with Crippen molar-refractivity contribution in [3.05, 3.63) is 53.1 Å². The lowest BCUT2D eigenvalue weighted by atomic mass is 10.2. The Balaban J connectivity index is 1.66. The molecule has 0 saturated carbocycles. The topological polar surface area (TPSA) is 91.7 Å². The fourth-order valence-corrected chi connectivity index (χ4v) is 3.05. The molecule has 1 heterocycles. The van der Waals surface area contributed by atoms with Crippen molar-refractivity contribution >= 4 is 22.5 Å². The zero-order valence-corrected chi connectivity index (χ0v) is 17.2. The number of fused-ring (bicyclic) bond motifs is 1. The predicted molar refractivity (Wildman–Crippen MR) is 110 cm³/mol. The molecule has 0 radical (unpaired) electrons. The maximum absolute atomic E-state index is 12.7. The highest BCUT2D eigenvalue weighted by molar-refractivity contribution is 5.92. The molecule has 11 heteroatoms. The number of carbonyl (C=O) groups excluding carboxylic acids is 1. The molecule has 170 valence electrons. The highest BCUT2D eigenvalue weighted by Crippen LogP contribution is 2.31. The number of amides is 1. The van der Waals surface area contributed by atoms with Crippen LogP contribution in [0.5, 0.6) is 17.2 Å². The van der Waals surface area contributed by atoms with E-state index >= 15 is 0 Å². The van der Waals surface area contributed by atoms with Gasteiger partial charge >= 0.3 is 6.36 Å². The lowest BCUT2D eigenvalue weighted by Crippen LogP contribution is -2.22. The molecule has 1 N–H and O–H groups in total. The van der Waals surface area contributed by atoms with Gasteiger partial charge in [-0.3, -0.25) is 14.2 Å². The van der Waals surface area contributed by atoms with Gasteiger partial charge in [-0.15, -0.1) is 13.2 Å². The first-order chi connectivity index (χ1) is 15.2. The molecule has 0 saturated heterocycles. The number of benzene rings is 2. The Morgan fingerprint density at radius 1 is 1.09 bits per heavy atom. The summed E-state index contributed by atoms with van der Waals surface area (Å²) in [5.41, 5.74) is 0.0172. The van der Waals surface area contributed by atoms with Gasteiger partial charge in [0.25, 0.3) is 5.56 Å². The largest absolute Gasteiger partial charge is 0.573 e. The van der Waals surface area contributed by atoms with Crippen LogP contribution in [0.2, 0.25) is 0 Å². The summed E-state index contributed by atoms with van der Waals surface area (Å²) in [6.45, 7) is 0.185. The molecule has 1 amide bonds. The Labute approximate surface area is 180 Å². The Kier molecular flexibility index (Phi) is 6.86.